The molecule has 0 aliphatic heterocycles. The summed E-state index contributed by atoms with van der Waals surface area (Å²) in [5, 5.41) is 2.70. The molecule has 0 fully saturated rings. The highest BCUT2D eigenvalue weighted by molar-refractivity contribution is 7.92. The van der Waals surface area contributed by atoms with Crippen LogP contribution in [0.15, 0.2) is 47.4 Å². The van der Waals surface area contributed by atoms with Crippen LogP contribution in [-0.4, -0.2) is 34.5 Å². The molecule has 0 heterocycles. The minimum absolute atomic E-state index is 0. The molecular formula is C19H26ClN3O4S. The van der Waals surface area contributed by atoms with E-state index in [2.05, 4.69) is 10.0 Å². The van der Waals surface area contributed by atoms with Gasteiger partial charge in [0.25, 0.3) is 15.9 Å². The highest BCUT2D eigenvalue weighted by atomic mass is 35.5. The van der Waals surface area contributed by atoms with Crippen LogP contribution in [0.2, 0.25) is 0 Å². The maximum absolute atomic E-state index is 12.8. The highest BCUT2D eigenvalue weighted by Gasteiger charge is 2.22. The standard InChI is InChI=1S/C19H25N3O4S.ClH/c1-3-14-5-8-16(9-6-14)22-27(24,25)18-13-15(7-10-17(18)26-2)19(23)21-12-4-11-20;/h5-10,13,22H,3-4,11-12,20H2,1-2H3,(H,21,23);1H. The Bertz CT molecular complexity index is 887. The molecule has 2 rings (SSSR count). The number of amides is 1. The van der Waals surface area contributed by atoms with Crippen molar-refractivity contribution < 1.29 is 17.9 Å². The van der Waals surface area contributed by atoms with Gasteiger partial charge in [0, 0.05) is 17.8 Å². The number of hydrogen-bond donors (Lipinski definition) is 3. The van der Waals surface area contributed by atoms with Crippen LogP contribution in [0.3, 0.4) is 0 Å². The summed E-state index contributed by atoms with van der Waals surface area (Å²) in [6, 6.07) is 11.4. The van der Waals surface area contributed by atoms with E-state index >= 15 is 0 Å². The second-order valence-corrected chi connectivity index (χ2v) is 7.57. The van der Waals surface area contributed by atoms with Gasteiger partial charge in [-0.2, -0.15) is 0 Å². The number of nitrogens with two attached hydrogens (primary N) is 1. The van der Waals surface area contributed by atoms with Crippen LogP contribution < -0.4 is 20.5 Å². The van der Waals surface area contributed by atoms with Gasteiger partial charge in [-0.3, -0.25) is 9.52 Å². The molecule has 7 nitrogen and oxygen atoms in total. The summed E-state index contributed by atoms with van der Waals surface area (Å²) >= 11 is 0. The van der Waals surface area contributed by atoms with Crippen molar-refractivity contribution in [3.63, 3.8) is 0 Å². The van der Waals surface area contributed by atoms with Crippen LogP contribution >= 0.6 is 12.4 Å². The van der Waals surface area contributed by atoms with Gasteiger partial charge in [0.2, 0.25) is 0 Å². The van der Waals surface area contributed by atoms with Gasteiger partial charge in [0.15, 0.2) is 0 Å². The summed E-state index contributed by atoms with van der Waals surface area (Å²) in [6.45, 7) is 2.91. The van der Waals surface area contributed by atoms with Crippen molar-refractivity contribution in [2.24, 2.45) is 5.73 Å². The third-order valence-corrected chi connectivity index (χ3v) is 5.40. The third-order valence-electron chi connectivity index (χ3n) is 4.00. The summed E-state index contributed by atoms with van der Waals surface area (Å²) in [6.07, 6.45) is 1.50. The Morgan fingerprint density at radius 1 is 1.14 bits per heavy atom. The molecular weight excluding hydrogens is 402 g/mol. The van der Waals surface area contributed by atoms with Crippen molar-refractivity contribution in [1.29, 1.82) is 0 Å². The van der Waals surface area contributed by atoms with Crippen molar-refractivity contribution in [3.8, 4) is 5.75 Å². The normalized spacial score (nSPS) is 10.7. The lowest BCUT2D eigenvalue weighted by molar-refractivity contribution is 0.0953. The number of halogens is 1. The molecule has 9 heteroatoms. The zero-order chi connectivity index (χ0) is 19.9. The van der Waals surface area contributed by atoms with Crippen LogP contribution in [0.25, 0.3) is 0 Å². The lowest BCUT2D eigenvalue weighted by Crippen LogP contribution is -2.26. The first kappa shape index (κ1) is 23.7. The highest BCUT2D eigenvalue weighted by Crippen LogP contribution is 2.27. The second-order valence-electron chi connectivity index (χ2n) is 5.92. The number of nitrogens with one attached hydrogen (secondary N) is 2. The molecule has 0 saturated heterocycles. The number of anilines is 1. The SMILES string of the molecule is CCc1ccc(NS(=O)(=O)c2cc(C(=O)NCCCN)ccc2OC)cc1.Cl. The zero-order valence-corrected chi connectivity index (χ0v) is 17.5. The van der Waals surface area contributed by atoms with E-state index in [1.807, 2.05) is 19.1 Å². The number of ether oxygens (including phenoxy) is 1. The van der Waals surface area contributed by atoms with E-state index in [1.54, 1.807) is 12.1 Å². The molecule has 154 valence electrons. The van der Waals surface area contributed by atoms with Gasteiger partial charge >= 0.3 is 0 Å². The predicted molar refractivity (Wildman–Crippen MR) is 113 cm³/mol. The van der Waals surface area contributed by atoms with Crippen molar-refractivity contribution >= 4 is 34.0 Å². The molecule has 0 atom stereocenters. The Kier molecular flexibility index (Phi) is 9.24. The van der Waals surface area contributed by atoms with E-state index in [0.29, 0.717) is 25.2 Å². The minimum atomic E-state index is -3.93. The lowest BCUT2D eigenvalue weighted by atomic mass is 10.2. The van der Waals surface area contributed by atoms with Crippen molar-refractivity contribution in [3.05, 3.63) is 53.6 Å². The van der Waals surface area contributed by atoms with Crippen LogP contribution in [0.4, 0.5) is 5.69 Å². The number of rotatable bonds is 9. The lowest BCUT2D eigenvalue weighted by Gasteiger charge is -2.13. The fourth-order valence-electron chi connectivity index (χ4n) is 2.45. The quantitative estimate of drug-likeness (QED) is 0.532. The Labute approximate surface area is 172 Å². The molecule has 28 heavy (non-hydrogen) atoms. The maximum atomic E-state index is 12.8. The third kappa shape index (κ3) is 6.12. The Balaban J connectivity index is 0.00000392. The molecule has 0 spiro atoms. The Morgan fingerprint density at radius 3 is 2.39 bits per heavy atom. The van der Waals surface area contributed by atoms with E-state index in [4.69, 9.17) is 10.5 Å². The summed E-state index contributed by atoms with van der Waals surface area (Å²) in [4.78, 5) is 12.1. The second kappa shape index (κ2) is 10.9. The number of aryl methyl sites for hydroxylation is 1. The molecule has 2 aromatic rings. The number of benzene rings is 2. The van der Waals surface area contributed by atoms with Crippen LogP contribution in [0.1, 0.15) is 29.3 Å². The van der Waals surface area contributed by atoms with Crippen LogP contribution in [-0.2, 0) is 16.4 Å². The van der Waals surface area contributed by atoms with Crippen molar-refractivity contribution in [2.45, 2.75) is 24.7 Å². The van der Waals surface area contributed by atoms with Crippen molar-refractivity contribution in [2.75, 3.05) is 24.9 Å². The van der Waals surface area contributed by atoms with Gasteiger partial charge < -0.3 is 15.8 Å². The molecule has 1 amide bonds. The zero-order valence-electron chi connectivity index (χ0n) is 15.9. The molecule has 0 aromatic heterocycles. The summed E-state index contributed by atoms with van der Waals surface area (Å²) in [5.41, 5.74) is 7.18. The monoisotopic (exact) mass is 427 g/mol. The number of carbonyl (C=O) groups excluding carboxylic acids is 1. The van der Waals surface area contributed by atoms with Gasteiger partial charge in [0.1, 0.15) is 10.6 Å². The van der Waals surface area contributed by atoms with E-state index in [1.165, 1.54) is 25.3 Å². The average molecular weight is 428 g/mol. The molecule has 4 N–H and O–H groups in total. The molecule has 0 aliphatic carbocycles. The molecule has 0 aliphatic rings. The smallest absolute Gasteiger partial charge is 0.265 e. The molecule has 0 saturated carbocycles. The van der Waals surface area contributed by atoms with Crippen LogP contribution in [0.5, 0.6) is 5.75 Å². The van der Waals surface area contributed by atoms with Gasteiger partial charge in [-0.1, -0.05) is 19.1 Å². The molecule has 0 unspecified atom stereocenters. The van der Waals surface area contributed by atoms with E-state index in [0.717, 1.165) is 12.0 Å². The van der Waals surface area contributed by atoms with Crippen LogP contribution in [0, 0.1) is 0 Å². The molecule has 0 radical (unpaired) electrons. The molecule has 2 aromatic carbocycles. The van der Waals surface area contributed by atoms with E-state index in [9.17, 15) is 13.2 Å². The average Bonchev–Trinajstić information content (AvgIpc) is 2.68. The van der Waals surface area contributed by atoms with E-state index in [-0.39, 0.29) is 34.5 Å². The summed E-state index contributed by atoms with van der Waals surface area (Å²) in [5.74, 6) is -0.207. The van der Waals surface area contributed by atoms with E-state index < -0.39 is 10.0 Å². The van der Waals surface area contributed by atoms with Gasteiger partial charge in [-0.15, -0.1) is 12.4 Å². The fraction of sp³-hybridized carbons (Fsp3) is 0.316. The number of hydrogen-bond acceptors (Lipinski definition) is 5. The predicted octanol–water partition coefficient (Wildman–Crippen LogP) is 2.56. The maximum Gasteiger partial charge on any atom is 0.265 e. The first-order valence-corrected chi connectivity index (χ1v) is 10.2. The first-order valence-electron chi connectivity index (χ1n) is 8.69. The van der Waals surface area contributed by atoms with Crippen molar-refractivity contribution in [1.82, 2.24) is 5.32 Å². The summed E-state index contributed by atoms with van der Waals surface area (Å²) < 4.78 is 33.4. The number of sulfonamides is 1. The topological polar surface area (TPSA) is 111 Å². The van der Waals surface area contributed by atoms with Gasteiger partial charge in [-0.05, 0) is 55.3 Å². The minimum Gasteiger partial charge on any atom is -0.495 e. The van der Waals surface area contributed by atoms with Gasteiger partial charge in [0.05, 0.1) is 7.11 Å². The Morgan fingerprint density at radius 2 is 1.82 bits per heavy atom. The summed E-state index contributed by atoms with van der Waals surface area (Å²) in [7, 11) is -2.55. The fourth-order valence-corrected chi connectivity index (χ4v) is 3.71. The number of carbonyl (C=O) groups is 1. The first-order chi connectivity index (χ1) is 12.9. The van der Waals surface area contributed by atoms with Gasteiger partial charge in [-0.25, -0.2) is 8.42 Å². The molecule has 0 bridgehead atoms. The number of methoxy groups -OCH3 is 1. The largest absolute Gasteiger partial charge is 0.495 e. The Hall–Kier alpha value is -2.29.